The van der Waals surface area contributed by atoms with Gasteiger partial charge < -0.3 is 0 Å². The molecule has 0 bridgehead atoms. The van der Waals surface area contributed by atoms with Gasteiger partial charge in [0.25, 0.3) is 0 Å². The van der Waals surface area contributed by atoms with Crippen molar-refractivity contribution in [1.82, 2.24) is 15.2 Å². The SMILES string of the molecule is O=c1[nH]nc(-c2ccc(F)nc2)s1. The van der Waals surface area contributed by atoms with Crippen LogP contribution in [0, 0.1) is 5.95 Å². The Morgan fingerprint density at radius 2 is 2.31 bits per heavy atom. The zero-order chi connectivity index (χ0) is 9.26. The number of nitrogens with zero attached hydrogens (tertiary/aromatic N) is 2. The molecule has 13 heavy (non-hydrogen) atoms. The van der Waals surface area contributed by atoms with Crippen LogP contribution in [0.3, 0.4) is 0 Å². The van der Waals surface area contributed by atoms with Crippen molar-refractivity contribution < 1.29 is 4.39 Å². The van der Waals surface area contributed by atoms with Crippen LogP contribution in [0.15, 0.2) is 23.1 Å². The maximum absolute atomic E-state index is 12.4. The molecule has 0 atom stereocenters. The molecule has 0 amide bonds. The van der Waals surface area contributed by atoms with Crippen molar-refractivity contribution >= 4 is 11.3 Å². The number of pyridine rings is 1. The first-order valence-electron chi connectivity index (χ1n) is 3.43. The summed E-state index contributed by atoms with van der Waals surface area (Å²) in [6.45, 7) is 0. The average molecular weight is 197 g/mol. The number of nitrogens with one attached hydrogen (secondary N) is 1. The molecular weight excluding hydrogens is 193 g/mol. The number of H-pyrrole nitrogens is 1. The van der Waals surface area contributed by atoms with Crippen molar-refractivity contribution in [3.63, 3.8) is 0 Å². The minimum atomic E-state index is -0.549. The van der Waals surface area contributed by atoms with Crippen LogP contribution in [-0.4, -0.2) is 15.2 Å². The quantitative estimate of drug-likeness (QED) is 0.694. The fourth-order valence-electron chi connectivity index (χ4n) is 0.856. The normalized spacial score (nSPS) is 10.2. The fourth-order valence-corrected chi connectivity index (χ4v) is 1.45. The monoisotopic (exact) mass is 197 g/mol. The molecule has 6 heteroatoms. The summed E-state index contributed by atoms with van der Waals surface area (Å²) in [6.07, 6.45) is 1.33. The molecule has 0 aliphatic rings. The summed E-state index contributed by atoms with van der Waals surface area (Å²) in [5.74, 6) is -0.549. The lowest BCUT2D eigenvalue weighted by molar-refractivity contribution is 0.584. The van der Waals surface area contributed by atoms with E-state index in [0.29, 0.717) is 10.6 Å². The molecule has 0 aliphatic heterocycles. The maximum atomic E-state index is 12.4. The van der Waals surface area contributed by atoms with Gasteiger partial charge in [0, 0.05) is 11.8 Å². The van der Waals surface area contributed by atoms with Crippen LogP contribution >= 0.6 is 11.3 Å². The molecule has 0 fully saturated rings. The topological polar surface area (TPSA) is 58.6 Å². The summed E-state index contributed by atoms with van der Waals surface area (Å²) in [4.78, 5) is 13.9. The first-order chi connectivity index (χ1) is 6.25. The van der Waals surface area contributed by atoms with Crippen LogP contribution in [-0.2, 0) is 0 Å². The minimum Gasteiger partial charge on any atom is -0.255 e. The van der Waals surface area contributed by atoms with Crippen molar-refractivity contribution in [2.75, 3.05) is 0 Å². The molecule has 0 saturated carbocycles. The van der Waals surface area contributed by atoms with Crippen LogP contribution < -0.4 is 4.87 Å². The lowest BCUT2D eigenvalue weighted by atomic mass is 10.3. The zero-order valence-corrected chi connectivity index (χ0v) is 7.14. The lowest BCUT2D eigenvalue weighted by Crippen LogP contribution is -1.90. The number of aromatic amines is 1. The predicted molar refractivity (Wildman–Crippen MR) is 45.9 cm³/mol. The Balaban J connectivity index is 2.47. The van der Waals surface area contributed by atoms with Crippen molar-refractivity contribution in [2.24, 2.45) is 0 Å². The highest BCUT2D eigenvalue weighted by Crippen LogP contribution is 2.16. The van der Waals surface area contributed by atoms with Gasteiger partial charge in [0.2, 0.25) is 5.95 Å². The molecule has 0 aliphatic carbocycles. The third-order valence-electron chi connectivity index (χ3n) is 1.41. The molecule has 0 unspecified atom stereocenters. The summed E-state index contributed by atoms with van der Waals surface area (Å²) in [6, 6.07) is 2.75. The van der Waals surface area contributed by atoms with Gasteiger partial charge in [-0.1, -0.05) is 11.3 Å². The predicted octanol–water partition coefficient (Wildman–Crippen LogP) is 1.03. The summed E-state index contributed by atoms with van der Waals surface area (Å²) >= 11 is 0.962. The molecule has 66 valence electrons. The van der Waals surface area contributed by atoms with Crippen LogP contribution in [0.2, 0.25) is 0 Å². The number of rotatable bonds is 1. The molecular formula is C7H4FN3OS. The molecule has 4 nitrogen and oxygen atoms in total. The molecule has 2 aromatic heterocycles. The number of hydrogen-bond acceptors (Lipinski definition) is 4. The Morgan fingerprint density at radius 1 is 1.46 bits per heavy atom. The van der Waals surface area contributed by atoms with Gasteiger partial charge in [-0.3, -0.25) is 4.79 Å². The molecule has 0 aromatic carbocycles. The second-order valence-electron chi connectivity index (χ2n) is 2.29. The molecule has 2 rings (SSSR count). The smallest absolute Gasteiger partial charge is 0.255 e. The van der Waals surface area contributed by atoms with E-state index in [0.717, 1.165) is 11.3 Å². The van der Waals surface area contributed by atoms with Gasteiger partial charge in [-0.2, -0.15) is 9.49 Å². The van der Waals surface area contributed by atoms with E-state index in [1.807, 2.05) is 0 Å². The van der Waals surface area contributed by atoms with Gasteiger partial charge in [0.15, 0.2) is 0 Å². The molecule has 1 N–H and O–H groups in total. The third-order valence-corrected chi connectivity index (χ3v) is 2.21. The van der Waals surface area contributed by atoms with E-state index < -0.39 is 5.95 Å². The number of aromatic nitrogens is 3. The second kappa shape index (κ2) is 3.06. The largest absolute Gasteiger partial charge is 0.322 e. The van der Waals surface area contributed by atoms with Crippen molar-refractivity contribution in [3.8, 4) is 10.6 Å². The molecule has 0 saturated heterocycles. The maximum Gasteiger partial charge on any atom is 0.322 e. The highest BCUT2D eigenvalue weighted by molar-refractivity contribution is 7.12. The summed E-state index contributed by atoms with van der Waals surface area (Å²) in [5, 5.41) is 6.52. The Hall–Kier alpha value is -1.56. The Morgan fingerprint density at radius 3 is 2.85 bits per heavy atom. The summed E-state index contributed by atoms with van der Waals surface area (Å²) < 4.78 is 12.4. The standard InChI is InChI=1S/C7H4FN3OS/c8-5-2-1-4(3-9-5)6-10-11-7(12)13-6/h1-3H,(H,11,12). The van der Waals surface area contributed by atoms with E-state index in [9.17, 15) is 9.18 Å². The van der Waals surface area contributed by atoms with Crippen LogP contribution in [0.4, 0.5) is 4.39 Å². The van der Waals surface area contributed by atoms with Crippen LogP contribution in [0.5, 0.6) is 0 Å². The Bertz CT molecular complexity index is 461. The molecule has 0 spiro atoms. The van der Waals surface area contributed by atoms with Crippen molar-refractivity contribution in [3.05, 3.63) is 33.9 Å². The van der Waals surface area contributed by atoms with E-state index in [1.165, 1.54) is 18.3 Å². The minimum absolute atomic E-state index is 0.237. The van der Waals surface area contributed by atoms with Crippen molar-refractivity contribution in [1.29, 1.82) is 0 Å². The van der Waals surface area contributed by atoms with Crippen LogP contribution in [0.1, 0.15) is 0 Å². The highest BCUT2D eigenvalue weighted by atomic mass is 32.1. The van der Waals surface area contributed by atoms with Gasteiger partial charge >= 0.3 is 4.87 Å². The molecule has 0 radical (unpaired) electrons. The Labute approximate surface area is 76.1 Å². The number of halogens is 1. The summed E-state index contributed by atoms with van der Waals surface area (Å²) in [7, 11) is 0. The lowest BCUT2D eigenvalue weighted by Gasteiger charge is -1.91. The summed E-state index contributed by atoms with van der Waals surface area (Å²) in [5.41, 5.74) is 0.629. The average Bonchev–Trinajstić information content (AvgIpc) is 2.53. The van der Waals surface area contributed by atoms with Gasteiger partial charge in [0.05, 0.1) is 0 Å². The van der Waals surface area contributed by atoms with E-state index in [2.05, 4.69) is 15.2 Å². The van der Waals surface area contributed by atoms with Gasteiger partial charge in [-0.25, -0.2) is 10.1 Å². The van der Waals surface area contributed by atoms with Crippen LogP contribution in [0.25, 0.3) is 10.6 Å². The highest BCUT2D eigenvalue weighted by Gasteiger charge is 2.03. The van der Waals surface area contributed by atoms with Crippen molar-refractivity contribution in [2.45, 2.75) is 0 Å². The zero-order valence-electron chi connectivity index (χ0n) is 6.32. The van der Waals surface area contributed by atoms with E-state index >= 15 is 0 Å². The molecule has 2 aromatic rings. The van der Waals surface area contributed by atoms with E-state index in [1.54, 1.807) is 0 Å². The number of hydrogen-bond donors (Lipinski definition) is 1. The van der Waals surface area contributed by atoms with Gasteiger partial charge in [0.1, 0.15) is 5.01 Å². The van der Waals surface area contributed by atoms with Gasteiger partial charge in [-0.15, -0.1) is 0 Å². The van der Waals surface area contributed by atoms with E-state index in [4.69, 9.17) is 0 Å². The first kappa shape index (κ1) is 8.06. The Kier molecular flexibility index (Phi) is 1.90. The first-order valence-corrected chi connectivity index (χ1v) is 4.25. The third kappa shape index (κ3) is 1.62. The van der Waals surface area contributed by atoms with E-state index in [-0.39, 0.29) is 4.87 Å². The molecule has 2 heterocycles. The fraction of sp³-hybridized carbons (Fsp3) is 0. The second-order valence-corrected chi connectivity index (χ2v) is 3.25. The van der Waals surface area contributed by atoms with Gasteiger partial charge in [-0.05, 0) is 12.1 Å².